The SMILES string of the molecule is COc1ccc(C=CC(=O)NC(=S)Nc2ccc(S(=O)(=O)Nc3ccccc3)cc2)cc1. The minimum Gasteiger partial charge on any atom is -0.497 e. The van der Waals surface area contributed by atoms with Gasteiger partial charge in [-0.3, -0.25) is 14.8 Å². The Balaban J connectivity index is 1.54. The summed E-state index contributed by atoms with van der Waals surface area (Å²) in [7, 11) is -2.13. The van der Waals surface area contributed by atoms with Crippen LogP contribution in [0.5, 0.6) is 5.75 Å². The molecule has 1 amide bonds. The Hall–Kier alpha value is -3.69. The first-order chi connectivity index (χ1) is 15.4. The van der Waals surface area contributed by atoms with Gasteiger partial charge < -0.3 is 10.1 Å². The Kier molecular flexibility index (Phi) is 7.58. The molecule has 3 aromatic rings. The van der Waals surface area contributed by atoms with Crippen molar-refractivity contribution in [3.63, 3.8) is 0 Å². The number of rotatable bonds is 7. The third-order valence-corrected chi connectivity index (χ3v) is 5.83. The third kappa shape index (κ3) is 6.66. The third-order valence-electron chi connectivity index (χ3n) is 4.23. The van der Waals surface area contributed by atoms with Crippen molar-refractivity contribution in [2.75, 3.05) is 17.1 Å². The van der Waals surface area contributed by atoms with Crippen molar-refractivity contribution in [3.8, 4) is 5.75 Å². The Morgan fingerprint density at radius 3 is 2.19 bits per heavy atom. The standard InChI is InChI=1S/C23H21N3O4S2/c1-30-20-12-7-17(8-13-20)9-16-22(27)25-23(31)24-18-10-14-21(15-11-18)32(28,29)26-19-5-3-2-4-6-19/h2-16,26H,1H3,(H2,24,25,27,31). The van der Waals surface area contributed by atoms with Crippen LogP contribution in [0.1, 0.15) is 5.56 Å². The second-order valence-corrected chi connectivity index (χ2v) is 8.64. The number of amides is 1. The zero-order valence-electron chi connectivity index (χ0n) is 17.1. The highest BCUT2D eigenvalue weighted by Gasteiger charge is 2.14. The van der Waals surface area contributed by atoms with E-state index in [2.05, 4.69) is 15.4 Å². The molecule has 0 atom stereocenters. The number of para-hydroxylation sites is 1. The minimum absolute atomic E-state index is 0.0902. The number of hydrogen-bond donors (Lipinski definition) is 3. The van der Waals surface area contributed by atoms with Gasteiger partial charge in [0.05, 0.1) is 12.0 Å². The summed E-state index contributed by atoms with van der Waals surface area (Å²) in [5.41, 5.74) is 1.84. The Morgan fingerprint density at radius 1 is 0.906 bits per heavy atom. The molecule has 0 aromatic heterocycles. The number of methoxy groups -OCH3 is 1. The van der Waals surface area contributed by atoms with Crippen molar-refractivity contribution in [1.82, 2.24) is 5.32 Å². The number of ether oxygens (including phenoxy) is 1. The predicted molar refractivity (Wildman–Crippen MR) is 130 cm³/mol. The van der Waals surface area contributed by atoms with Gasteiger partial charge in [-0.1, -0.05) is 30.3 Å². The number of nitrogens with one attached hydrogen (secondary N) is 3. The van der Waals surface area contributed by atoms with E-state index in [9.17, 15) is 13.2 Å². The number of sulfonamides is 1. The molecule has 0 aliphatic rings. The summed E-state index contributed by atoms with van der Waals surface area (Å²) in [4.78, 5) is 12.2. The first-order valence-electron chi connectivity index (χ1n) is 9.48. The van der Waals surface area contributed by atoms with Gasteiger partial charge in [0.25, 0.3) is 10.0 Å². The van der Waals surface area contributed by atoms with Crippen molar-refractivity contribution in [2.45, 2.75) is 4.90 Å². The average molecular weight is 468 g/mol. The van der Waals surface area contributed by atoms with E-state index < -0.39 is 15.9 Å². The highest BCUT2D eigenvalue weighted by Crippen LogP contribution is 2.18. The molecule has 0 aliphatic carbocycles. The molecule has 9 heteroatoms. The van der Waals surface area contributed by atoms with E-state index in [4.69, 9.17) is 17.0 Å². The first kappa shape index (κ1) is 23.0. The van der Waals surface area contributed by atoms with E-state index in [-0.39, 0.29) is 10.0 Å². The number of carbonyl (C=O) groups is 1. The molecule has 3 rings (SSSR count). The fourth-order valence-corrected chi connectivity index (χ4v) is 3.92. The number of anilines is 2. The smallest absolute Gasteiger partial charge is 0.261 e. The van der Waals surface area contributed by atoms with Gasteiger partial charge in [0.15, 0.2) is 5.11 Å². The van der Waals surface area contributed by atoms with Gasteiger partial charge in [0.2, 0.25) is 5.91 Å². The largest absolute Gasteiger partial charge is 0.497 e. The van der Waals surface area contributed by atoms with Crippen LogP contribution in [0.3, 0.4) is 0 Å². The highest BCUT2D eigenvalue weighted by atomic mass is 32.2. The van der Waals surface area contributed by atoms with Gasteiger partial charge in [-0.25, -0.2) is 8.42 Å². The number of carbonyl (C=O) groups excluding carboxylic acids is 1. The number of benzene rings is 3. The molecule has 164 valence electrons. The lowest BCUT2D eigenvalue weighted by Crippen LogP contribution is -2.32. The second kappa shape index (κ2) is 10.6. The van der Waals surface area contributed by atoms with Crippen molar-refractivity contribution in [3.05, 3.63) is 90.5 Å². The molecule has 0 unspecified atom stereocenters. The van der Waals surface area contributed by atoms with E-state index in [0.29, 0.717) is 11.4 Å². The van der Waals surface area contributed by atoms with Crippen LogP contribution < -0.4 is 20.1 Å². The topological polar surface area (TPSA) is 96.5 Å². The number of thiocarbonyl (C=S) groups is 1. The molecule has 0 bridgehead atoms. The predicted octanol–water partition coefficient (Wildman–Crippen LogP) is 4.02. The maximum atomic E-state index is 12.5. The van der Waals surface area contributed by atoms with Crippen LogP contribution in [0.4, 0.5) is 11.4 Å². The molecule has 0 fully saturated rings. The summed E-state index contributed by atoms with van der Waals surface area (Å²) in [5.74, 6) is 0.330. The van der Waals surface area contributed by atoms with Gasteiger partial charge in [0.1, 0.15) is 5.75 Å². The number of hydrogen-bond acceptors (Lipinski definition) is 5. The van der Waals surface area contributed by atoms with Crippen molar-refractivity contribution >= 4 is 50.7 Å². The van der Waals surface area contributed by atoms with E-state index in [0.717, 1.165) is 11.3 Å². The van der Waals surface area contributed by atoms with Gasteiger partial charge in [0, 0.05) is 17.5 Å². The molecule has 7 nitrogen and oxygen atoms in total. The highest BCUT2D eigenvalue weighted by molar-refractivity contribution is 7.92. The summed E-state index contributed by atoms with van der Waals surface area (Å²) >= 11 is 5.14. The van der Waals surface area contributed by atoms with E-state index in [1.54, 1.807) is 67.8 Å². The maximum Gasteiger partial charge on any atom is 0.261 e. The fourth-order valence-electron chi connectivity index (χ4n) is 2.64. The lowest BCUT2D eigenvalue weighted by Gasteiger charge is -2.10. The molecule has 0 spiro atoms. The van der Waals surface area contributed by atoms with Crippen LogP contribution in [0.25, 0.3) is 6.08 Å². The van der Waals surface area contributed by atoms with Crippen molar-refractivity contribution in [1.29, 1.82) is 0 Å². The van der Waals surface area contributed by atoms with Gasteiger partial charge in [-0.2, -0.15) is 0 Å². The average Bonchev–Trinajstić information content (AvgIpc) is 2.78. The molecule has 0 saturated carbocycles. The summed E-state index contributed by atoms with van der Waals surface area (Å²) in [6.45, 7) is 0. The molecular weight excluding hydrogens is 446 g/mol. The summed E-state index contributed by atoms with van der Waals surface area (Å²) in [6.07, 6.45) is 3.01. The minimum atomic E-state index is -3.71. The Morgan fingerprint density at radius 2 is 1.56 bits per heavy atom. The quantitative estimate of drug-likeness (QED) is 0.359. The van der Waals surface area contributed by atoms with Crippen molar-refractivity contribution < 1.29 is 17.9 Å². The summed E-state index contributed by atoms with van der Waals surface area (Å²) in [5, 5.41) is 5.48. The molecule has 0 heterocycles. The molecule has 0 aliphatic heterocycles. The Bertz CT molecular complexity index is 1210. The zero-order chi connectivity index (χ0) is 23.0. The monoisotopic (exact) mass is 467 g/mol. The summed E-state index contributed by atoms with van der Waals surface area (Å²) < 4.78 is 32.6. The zero-order valence-corrected chi connectivity index (χ0v) is 18.7. The molecule has 0 radical (unpaired) electrons. The first-order valence-corrected chi connectivity index (χ1v) is 11.4. The summed E-state index contributed by atoms with van der Waals surface area (Å²) in [6, 6.07) is 21.9. The molecule has 3 aromatic carbocycles. The maximum absolute atomic E-state index is 12.5. The van der Waals surface area contributed by atoms with Crippen LogP contribution in [0.2, 0.25) is 0 Å². The van der Waals surface area contributed by atoms with E-state index in [1.165, 1.54) is 18.2 Å². The van der Waals surface area contributed by atoms with Crippen LogP contribution in [0.15, 0.2) is 89.8 Å². The van der Waals surface area contributed by atoms with Crippen LogP contribution in [0, 0.1) is 0 Å². The Labute approximate surface area is 192 Å². The van der Waals surface area contributed by atoms with E-state index >= 15 is 0 Å². The van der Waals surface area contributed by atoms with Crippen LogP contribution in [-0.4, -0.2) is 26.5 Å². The van der Waals surface area contributed by atoms with E-state index in [1.807, 2.05) is 12.1 Å². The van der Waals surface area contributed by atoms with Crippen molar-refractivity contribution in [2.24, 2.45) is 0 Å². The van der Waals surface area contributed by atoms with Crippen LogP contribution in [-0.2, 0) is 14.8 Å². The molecule has 0 saturated heterocycles. The van der Waals surface area contributed by atoms with Gasteiger partial charge in [-0.15, -0.1) is 0 Å². The molecular formula is C23H21N3O4S2. The van der Waals surface area contributed by atoms with Gasteiger partial charge >= 0.3 is 0 Å². The van der Waals surface area contributed by atoms with Gasteiger partial charge in [-0.05, 0) is 72.4 Å². The lowest BCUT2D eigenvalue weighted by atomic mass is 10.2. The molecule has 3 N–H and O–H groups in total. The fraction of sp³-hybridized carbons (Fsp3) is 0.0435. The molecule has 32 heavy (non-hydrogen) atoms. The van der Waals surface area contributed by atoms with Crippen LogP contribution >= 0.6 is 12.2 Å². The second-order valence-electron chi connectivity index (χ2n) is 6.55. The lowest BCUT2D eigenvalue weighted by molar-refractivity contribution is -0.115. The normalized spacial score (nSPS) is 11.0.